The summed E-state index contributed by atoms with van der Waals surface area (Å²) in [5, 5.41) is 6.74. The van der Waals surface area contributed by atoms with Crippen molar-refractivity contribution < 1.29 is 4.74 Å². The number of para-hydroxylation sites is 1. The number of ether oxygens (including phenoxy) is 1. The molecule has 1 aliphatic heterocycles. The molecule has 1 aromatic rings. The maximum atomic E-state index is 5.73. The average molecular weight is 376 g/mol. The van der Waals surface area contributed by atoms with Crippen LogP contribution in [0.15, 0.2) is 35.3 Å². The van der Waals surface area contributed by atoms with Crippen molar-refractivity contribution >= 4 is 5.96 Å². The van der Waals surface area contributed by atoms with Gasteiger partial charge in [0.25, 0.3) is 0 Å². The molecule has 6 heteroatoms. The number of aliphatic imine (C=N–C) groups is 1. The van der Waals surface area contributed by atoms with E-state index in [1.54, 1.807) is 0 Å². The van der Waals surface area contributed by atoms with Gasteiger partial charge in [0.15, 0.2) is 5.96 Å². The van der Waals surface area contributed by atoms with E-state index in [0.29, 0.717) is 12.5 Å². The Morgan fingerprint density at radius 3 is 2.59 bits per heavy atom. The lowest BCUT2D eigenvalue weighted by Crippen LogP contribution is -2.46. The van der Waals surface area contributed by atoms with Crippen molar-refractivity contribution in [3.05, 3.63) is 30.3 Å². The van der Waals surface area contributed by atoms with Gasteiger partial charge in [0.2, 0.25) is 0 Å². The second-order valence-electron chi connectivity index (χ2n) is 7.37. The topological polar surface area (TPSA) is 52.1 Å². The number of hydrogen-bond donors (Lipinski definition) is 2. The second kappa shape index (κ2) is 12.6. The zero-order valence-corrected chi connectivity index (χ0v) is 17.3. The summed E-state index contributed by atoms with van der Waals surface area (Å²) in [6, 6.07) is 9.96. The van der Waals surface area contributed by atoms with Gasteiger partial charge in [-0.15, -0.1) is 0 Å². The van der Waals surface area contributed by atoms with Gasteiger partial charge < -0.3 is 25.2 Å². The number of rotatable bonds is 10. The standard InChI is InChI=1S/C21H37N5O/c1-4-22-21(23-11-8-16-27-20-9-6-5-7-10-20)24-17-19(2)18-26-14-12-25(3)13-15-26/h5-7,9-10,19H,4,8,11-18H2,1-3H3,(H2,22,23,24). The Labute approximate surface area is 165 Å². The fourth-order valence-corrected chi connectivity index (χ4v) is 3.10. The largest absolute Gasteiger partial charge is 0.494 e. The van der Waals surface area contributed by atoms with Crippen molar-refractivity contribution in [3.63, 3.8) is 0 Å². The summed E-state index contributed by atoms with van der Waals surface area (Å²) < 4.78 is 5.73. The van der Waals surface area contributed by atoms with Gasteiger partial charge >= 0.3 is 0 Å². The summed E-state index contributed by atoms with van der Waals surface area (Å²) in [6.45, 7) is 13.5. The number of hydrogen-bond acceptors (Lipinski definition) is 4. The minimum absolute atomic E-state index is 0.560. The highest BCUT2D eigenvalue weighted by Crippen LogP contribution is 2.08. The molecule has 0 radical (unpaired) electrons. The monoisotopic (exact) mass is 375 g/mol. The number of nitrogens with one attached hydrogen (secondary N) is 2. The van der Waals surface area contributed by atoms with Crippen LogP contribution in [0.1, 0.15) is 20.3 Å². The summed E-state index contributed by atoms with van der Waals surface area (Å²) in [7, 11) is 2.20. The van der Waals surface area contributed by atoms with Crippen molar-refractivity contribution in [1.29, 1.82) is 0 Å². The number of guanidine groups is 1. The number of piperazine rings is 1. The van der Waals surface area contributed by atoms with Crippen LogP contribution < -0.4 is 15.4 Å². The SMILES string of the molecule is CCNC(=NCC(C)CN1CCN(C)CC1)NCCCOc1ccccc1. The molecular formula is C21H37N5O. The molecule has 0 aliphatic carbocycles. The van der Waals surface area contributed by atoms with Crippen LogP contribution in [0.25, 0.3) is 0 Å². The van der Waals surface area contributed by atoms with Crippen molar-refractivity contribution in [3.8, 4) is 5.75 Å². The van der Waals surface area contributed by atoms with E-state index in [9.17, 15) is 0 Å². The van der Waals surface area contributed by atoms with Gasteiger partial charge in [-0.25, -0.2) is 0 Å². The van der Waals surface area contributed by atoms with Crippen LogP contribution in [-0.4, -0.2) is 81.8 Å². The molecule has 1 fully saturated rings. The van der Waals surface area contributed by atoms with Crippen LogP contribution in [-0.2, 0) is 0 Å². The lowest BCUT2D eigenvalue weighted by Gasteiger charge is -2.33. The summed E-state index contributed by atoms with van der Waals surface area (Å²) in [4.78, 5) is 9.72. The average Bonchev–Trinajstić information content (AvgIpc) is 2.68. The van der Waals surface area contributed by atoms with Crippen LogP contribution >= 0.6 is 0 Å². The first kappa shape index (κ1) is 21.5. The van der Waals surface area contributed by atoms with Crippen LogP contribution in [0, 0.1) is 5.92 Å². The Balaban J connectivity index is 1.63. The normalized spacial score (nSPS) is 17.5. The van der Waals surface area contributed by atoms with E-state index in [1.165, 1.54) is 26.2 Å². The Kier molecular flexibility index (Phi) is 10.0. The zero-order chi connectivity index (χ0) is 19.3. The summed E-state index contributed by atoms with van der Waals surface area (Å²) in [6.07, 6.45) is 0.941. The highest BCUT2D eigenvalue weighted by molar-refractivity contribution is 5.79. The second-order valence-corrected chi connectivity index (χ2v) is 7.37. The number of likely N-dealkylation sites (N-methyl/N-ethyl adjacent to an activating group) is 1. The van der Waals surface area contributed by atoms with Crippen molar-refractivity contribution in [2.24, 2.45) is 10.9 Å². The highest BCUT2D eigenvalue weighted by Gasteiger charge is 2.15. The first-order chi connectivity index (χ1) is 13.2. The van der Waals surface area contributed by atoms with E-state index in [0.717, 1.165) is 44.3 Å². The zero-order valence-electron chi connectivity index (χ0n) is 17.3. The van der Waals surface area contributed by atoms with E-state index in [1.807, 2.05) is 30.3 Å². The van der Waals surface area contributed by atoms with Crippen molar-refractivity contribution in [2.75, 3.05) is 66.0 Å². The maximum Gasteiger partial charge on any atom is 0.191 e. The van der Waals surface area contributed by atoms with Gasteiger partial charge in [-0.3, -0.25) is 4.99 Å². The molecule has 2 rings (SSSR count). The maximum absolute atomic E-state index is 5.73. The molecular weight excluding hydrogens is 338 g/mol. The quantitative estimate of drug-likeness (QED) is 0.372. The van der Waals surface area contributed by atoms with E-state index >= 15 is 0 Å². The third kappa shape index (κ3) is 9.11. The minimum atomic E-state index is 0.560. The molecule has 1 atom stereocenters. The van der Waals surface area contributed by atoms with Crippen LogP contribution in [0.3, 0.4) is 0 Å². The molecule has 0 aromatic heterocycles. The van der Waals surface area contributed by atoms with Crippen LogP contribution in [0.4, 0.5) is 0 Å². The van der Waals surface area contributed by atoms with Crippen molar-refractivity contribution in [2.45, 2.75) is 20.3 Å². The lowest BCUT2D eigenvalue weighted by atomic mass is 10.1. The minimum Gasteiger partial charge on any atom is -0.494 e. The van der Waals surface area contributed by atoms with Gasteiger partial charge in [0.1, 0.15) is 5.75 Å². The summed E-state index contributed by atoms with van der Waals surface area (Å²) >= 11 is 0. The molecule has 152 valence electrons. The molecule has 27 heavy (non-hydrogen) atoms. The summed E-state index contributed by atoms with van der Waals surface area (Å²) in [5.41, 5.74) is 0. The van der Waals surface area contributed by atoms with Crippen LogP contribution in [0.5, 0.6) is 5.75 Å². The van der Waals surface area contributed by atoms with Gasteiger partial charge in [-0.05, 0) is 38.4 Å². The lowest BCUT2D eigenvalue weighted by molar-refractivity contribution is 0.140. The molecule has 1 aliphatic rings. The fraction of sp³-hybridized carbons (Fsp3) is 0.667. The van der Waals surface area contributed by atoms with E-state index in [2.05, 4.69) is 41.3 Å². The Hall–Kier alpha value is -1.79. The highest BCUT2D eigenvalue weighted by atomic mass is 16.5. The molecule has 1 heterocycles. The van der Waals surface area contributed by atoms with Crippen LogP contribution in [0.2, 0.25) is 0 Å². The third-order valence-electron chi connectivity index (χ3n) is 4.70. The van der Waals surface area contributed by atoms with Gasteiger partial charge in [-0.1, -0.05) is 25.1 Å². The molecule has 6 nitrogen and oxygen atoms in total. The Morgan fingerprint density at radius 2 is 1.89 bits per heavy atom. The fourth-order valence-electron chi connectivity index (χ4n) is 3.10. The first-order valence-corrected chi connectivity index (χ1v) is 10.3. The molecule has 0 saturated carbocycles. The number of benzene rings is 1. The van der Waals surface area contributed by atoms with Gasteiger partial charge in [0.05, 0.1) is 6.61 Å². The first-order valence-electron chi connectivity index (χ1n) is 10.3. The molecule has 0 amide bonds. The smallest absolute Gasteiger partial charge is 0.191 e. The molecule has 0 spiro atoms. The van der Waals surface area contributed by atoms with E-state index in [-0.39, 0.29) is 0 Å². The molecule has 1 unspecified atom stereocenters. The number of nitrogens with zero attached hydrogens (tertiary/aromatic N) is 3. The summed E-state index contributed by atoms with van der Waals surface area (Å²) in [5.74, 6) is 2.39. The molecule has 2 N–H and O–H groups in total. The van der Waals surface area contributed by atoms with Crippen molar-refractivity contribution in [1.82, 2.24) is 20.4 Å². The van der Waals surface area contributed by atoms with Gasteiger partial charge in [-0.2, -0.15) is 0 Å². The Bertz CT molecular complexity index is 529. The third-order valence-corrected chi connectivity index (χ3v) is 4.70. The van der Waals surface area contributed by atoms with E-state index < -0.39 is 0 Å². The predicted molar refractivity (Wildman–Crippen MR) is 114 cm³/mol. The molecule has 0 bridgehead atoms. The Morgan fingerprint density at radius 1 is 1.15 bits per heavy atom. The van der Waals surface area contributed by atoms with E-state index in [4.69, 9.17) is 9.73 Å². The molecule has 1 aromatic carbocycles. The predicted octanol–water partition coefficient (Wildman–Crippen LogP) is 1.89. The van der Waals surface area contributed by atoms with Gasteiger partial charge in [0, 0.05) is 52.4 Å². The molecule has 1 saturated heterocycles.